The van der Waals surface area contributed by atoms with Gasteiger partial charge in [0.25, 0.3) is 5.56 Å². The Kier molecular flexibility index (Phi) is 4.55. The molecule has 0 unspecified atom stereocenters. The Morgan fingerprint density at radius 2 is 2.15 bits per heavy atom. The fraction of sp³-hybridized carbons (Fsp3) is 0.474. The van der Waals surface area contributed by atoms with E-state index in [1.54, 1.807) is 25.1 Å². The van der Waals surface area contributed by atoms with Crippen LogP contribution in [0.2, 0.25) is 0 Å². The molecule has 1 aliphatic carbocycles. The van der Waals surface area contributed by atoms with Crippen LogP contribution in [-0.4, -0.2) is 32.4 Å². The van der Waals surface area contributed by atoms with Crippen LogP contribution < -0.4 is 10.9 Å². The number of nitrogens with zero attached hydrogens (tertiary/aromatic N) is 3. The molecule has 3 rings (SSSR count). The van der Waals surface area contributed by atoms with Gasteiger partial charge in [0.1, 0.15) is 6.54 Å². The molecular weight excluding hydrogens is 332 g/mol. The maximum absolute atomic E-state index is 12.7. The van der Waals surface area contributed by atoms with E-state index in [4.69, 9.17) is 5.26 Å². The molecule has 1 fully saturated rings. The lowest BCUT2D eigenvalue weighted by Gasteiger charge is -2.41. The summed E-state index contributed by atoms with van der Waals surface area (Å²) >= 11 is 0. The maximum Gasteiger partial charge on any atom is 0.275 e. The molecule has 0 atom stereocenters. The zero-order valence-electron chi connectivity index (χ0n) is 15.1. The van der Waals surface area contributed by atoms with E-state index in [0.29, 0.717) is 34.9 Å². The van der Waals surface area contributed by atoms with Gasteiger partial charge in [0.05, 0.1) is 28.3 Å². The Hall–Kier alpha value is -2.72. The summed E-state index contributed by atoms with van der Waals surface area (Å²) in [6.07, 6.45) is 1.01. The van der Waals surface area contributed by atoms with Crippen LogP contribution >= 0.6 is 0 Å². The first-order chi connectivity index (χ1) is 12.2. The van der Waals surface area contributed by atoms with Crippen molar-refractivity contribution >= 4 is 16.7 Å². The standard InChI is InChI=1S/C19H22N4O3/c1-11(2)17-15-6-12(9-20)4-5-14(15)18(25)23(22-17)10-16(24)21-13-7-19(3,26)8-13/h4-6,11,13,26H,7-8,10H2,1-3H3,(H,21,24). The minimum Gasteiger partial charge on any atom is -0.390 e. The molecule has 0 radical (unpaired) electrons. The summed E-state index contributed by atoms with van der Waals surface area (Å²) in [7, 11) is 0. The van der Waals surface area contributed by atoms with E-state index in [-0.39, 0.29) is 30.0 Å². The van der Waals surface area contributed by atoms with Crippen LogP contribution in [0.4, 0.5) is 0 Å². The number of benzene rings is 1. The molecule has 7 heteroatoms. The summed E-state index contributed by atoms with van der Waals surface area (Å²) in [6.45, 7) is 5.46. The van der Waals surface area contributed by atoms with E-state index >= 15 is 0 Å². The van der Waals surface area contributed by atoms with Gasteiger partial charge in [0.15, 0.2) is 0 Å². The monoisotopic (exact) mass is 354 g/mol. The second-order valence-corrected chi connectivity index (χ2v) is 7.54. The van der Waals surface area contributed by atoms with Gasteiger partial charge in [-0.1, -0.05) is 13.8 Å². The van der Waals surface area contributed by atoms with Gasteiger partial charge >= 0.3 is 0 Å². The second-order valence-electron chi connectivity index (χ2n) is 7.54. The lowest BCUT2D eigenvalue weighted by Crippen LogP contribution is -2.54. The Morgan fingerprint density at radius 1 is 1.46 bits per heavy atom. The molecule has 1 amide bonds. The number of nitriles is 1. The van der Waals surface area contributed by atoms with Crippen LogP contribution in [-0.2, 0) is 11.3 Å². The van der Waals surface area contributed by atoms with E-state index in [0.717, 1.165) is 0 Å². The van der Waals surface area contributed by atoms with Gasteiger partial charge < -0.3 is 10.4 Å². The zero-order valence-corrected chi connectivity index (χ0v) is 15.1. The fourth-order valence-corrected chi connectivity index (χ4v) is 3.43. The molecule has 1 aromatic heterocycles. The van der Waals surface area contributed by atoms with Crippen LogP contribution in [0.25, 0.3) is 10.8 Å². The van der Waals surface area contributed by atoms with E-state index < -0.39 is 5.60 Å². The number of carbonyl (C=O) groups excluding carboxylic acids is 1. The highest BCUT2D eigenvalue weighted by molar-refractivity contribution is 5.85. The van der Waals surface area contributed by atoms with Crippen LogP contribution in [0.1, 0.15) is 50.8 Å². The van der Waals surface area contributed by atoms with Crippen molar-refractivity contribution in [3.05, 3.63) is 39.8 Å². The predicted octanol–water partition coefficient (Wildman–Crippen LogP) is 1.42. The summed E-state index contributed by atoms with van der Waals surface area (Å²) < 4.78 is 1.18. The van der Waals surface area contributed by atoms with Gasteiger partial charge in [-0.3, -0.25) is 9.59 Å². The van der Waals surface area contributed by atoms with E-state index in [9.17, 15) is 14.7 Å². The molecule has 7 nitrogen and oxygen atoms in total. The highest BCUT2D eigenvalue weighted by atomic mass is 16.3. The van der Waals surface area contributed by atoms with E-state index in [2.05, 4.69) is 16.5 Å². The molecule has 136 valence electrons. The van der Waals surface area contributed by atoms with Gasteiger partial charge in [-0.2, -0.15) is 10.4 Å². The van der Waals surface area contributed by atoms with Crippen molar-refractivity contribution in [3.8, 4) is 6.07 Å². The van der Waals surface area contributed by atoms with Gasteiger partial charge in [0, 0.05) is 11.4 Å². The minimum absolute atomic E-state index is 0.0306. The number of rotatable bonds is 4. The number of fused-ring (bicyclic) bond motifs is 1. The molecule has 1 aliphatic rings. The van der Waals surface area contributed by atoms with Gasteiger partial charge in [-0.15, -0.1) is 0 Å². The summed E-state index contributed by atoms with van der Waals surface area (Å²) in [4.78, 5) is 25.0. The first kappa shape index (κ1) is 18.1. The van der Waals surface area contributed by atoms with Crippen LogP contribution in [0, 0.1) is 11.3 Å². The summed E-state index contributed by atoms with van der Waals surface area (Å²) in [6, 6.07) is 6.87. The van der Waals surface area contributed by atoms with Crippen molar-refractivity contribution in [1.82, 2.24) is 15.1 Å². The highest BCUT2D eigenvalue weighted by Gasteiger charge is 2.39. The van der Waals surface area contributed by atoms with Crippen molar-refractivity contribution in [3.63, 3.8) is 0 Å². The SMILES string of the molecule is CC(C)c1nn(CC(=O)NC2CC(C)(O)C2)c(=O)c2ccc(C#N)cc12. The molecule has 1 saturated carbocycles. The van der Waals surface area contributed by atoms with Crippen molar-refractivity contribution < 1.29 is 9.90 Å². The molecule has 1 aromatic carbocycles. The largest absolute Gasteiger partial charge is 0.390 e. The molecule has 0 bridgehead atoms. The smallest absolute Gasteiger partial charge is 0.275 e. The number of hydrogen-bond donors (Lipinski definition) is 2. The second kappa shape index (κ2) is 6.54. The third-order valence-corrected chi connectivity index (χ3v) is 4.70. The number of carbonyl (C=O) groups is 1. The molecule has 0 spiro atoms. The van der Waals surface area contributed by atoms with E-state index in [1.807, 2.05) is 13.8 Å². The number of nitrogens with one attached hydrogen (secondary N) is 1. The molecule has 2 N–H and O–H groups in total. The lowest BCUT2D eigenvalue weighted by atomic mass is 9.77. The van der Waals surface area contributed by atoms with Gasteiger partial charge in [-0.05, 0) is 43.9 Å². The van der Waals surface area contributed by atoms with Crippen LogP contribution in [0.15, 0.2) is 23.0 Å². The van der Waals surface area contributed by atoms with E-state index in [1.165, 1.54) is 4.68 Å². The van der Waals surface area contributed by atoms with Crippen molar-refractivity contribution in [2.45, 2.75) is 57.7 Å². The maximum atomic E-state index is 12.7. The van der Waals surface area contributed by atoms with Crippen molar-refractivity contribution in [2.24, 2.45) is 0 Å². The third kappa shape index (κ3) is 3.46. The molecule has 0 aliphatic heterocycles. The quantitative estimate of drug-likeness (QED) is 0.863. The van der Waals surface area contributed by atoms with Gasteiger partial charge in [-0.25, -0.2) is 4.68 Å². The van der Waals surface area contributed by atoms with Gasteiger partial charge in [0.2, 0.25) is 5.91 Å². The van der Waals surface area contributed by atoms with Crippen molar-refractivity contribution in [1.29, 1.82) is 5.26 Å². The number of aromatic nitrogens is 2. The van der Waals surface area contributed by atoms with Crippen LogP contribution in [0.5, 0.6) is 0 Å². The number of hydrogen-bond acceptors (Lipinski definition) is 5. The average molecular weight is 354 g/mol. The Bertz CT molecular complexity index is 961. The summed E-state index contributed by atoms with van der Waals surface area (Å²) in [5, 5.41) is 27.1. The fourth-order valence-electron chi connectivity index (χ4n) is 3.43. The van der Waals surface area contributed by atoms with Crippen molar-refractivity contribution in [2.75, 3.05) is 0 Å². The molecule has 0 saturated heterocycles. The molecular formula is C19H22N4O3. The Morgan fingerprint density at radius 3 is 2.73 bits per heavy atom. The van der Waals surface area contributed by atoms with Crippen LogP contribution in [0.3, 0.4) is 0 Å². The molecule has 2 aromatic rings. The molecule has 1 heterocycles. The topological polar surface area (TPSA) is 108 Å². The minimum atomic E-state index is -0.723. The Balaban J connectivity index is 1.91. The lowest BCUT2D eigenvalue weighted by molar-refractivity contribution is -0.125. The molecule has 26 heavy (non-hydrogen) atoms. The average Bonchev–Trinajstić information content (AvgIpc) is 2.54. The third-order valence-electron chi connectivity index (χ3n) is 4.70. The summed E-state index contributed by atoms with van der Waals surface area (Å²) in [5.74, 6) is -0.272. The number of aliphatic hydroxyl groups is 1. The zero-order chi connectivity index (χ0) is 19.1. The highest BCUT2D eigenvalue weighted by Crippen LogP contribution is 2.31. The first-order valence-electron chi connectivity index (χ1n) is 8.67. The summed E-state index contributed by atoms with van der Waals surface area (Å²) in [5.41, 5.74) is 0.0630. The predicted molar refractivity (Wildman–Crippen MR) is 96.6 cm³/mol. The number of amides is 1. The Labute approximate surface area is 151 Å². The first-order valence-corrected chi connectivity index (χ1v) is 8.67. The normalized spacial score (nSPS) is 22.1.